The van der Waals surface area contributed by atoms with Gasteiger partial charge in [0.05, 0.1) is 18.8 Å². The number of rotatable bonds is 3. The van der Waals surface area contributed by atoms with E-state index in [9.17, 15) is 0 Å². The summed E-state index contributed by atoms with van der Waals surface area (Å²) in [6, 6.07) is 5.67. The Bertz CT molecular complexity index is 397. The fourth-order valence-corrected chi connectivity index (χ4v) is 1.30. The molecule has 0 atom stereocenters. The van der Waals surface area contributed by atoms with Crippen LogP contribution in [-0.2, 0) is 13.2 Å². The molecule has 2 rings (SSSR count). The lowest BCUT2D eigenvalue weighted by Gasteiger charge is -2.04. The van der Waals surface area contributed by atoms with Gasteiger partial charge in [-0.3, -0.25) is 9.67 Å². The van der Waals surface area contributed by atoms with E-state index in [2.05, 4.69) is 10.1 Å². The van der Waals surface area contributed by atoms with Crippen LogP contribution in [0.5, 0.6) is 0 Å². The Hall–Kier alpha value is -1.68. The number of aliphatic hydroxyl groups excluding tert-OH is 1. The lowest BCUT2D eigenvalue weighted by Crippen LogP contribution is -2.05. The average Bonchev–Trinajstić information content (AvgIpc) is 2.67. The number of pyridine rings is 1. The molecule has 0 aliphatic heterocycles. The molecule has 2 aromatic heterocycles. The predicted octanol–water partition coefficient (Wildman–Crippen LogP) is 0.819. The molecule has 4 heteroatoms. The number of nitrogens with zero attached hydrogens (tertiary/aromatic N) is 3. The van der Waals surface area contributed by atoms with Crippen LogP contribution in [0.25, 0.3) is 0 Å². The van der Waals surface area contributed by atoms with E-state index in [1.54, 1.807) is 29.3 Å². The summed E-state index contributed by atoms with van der Waals surface area (Å²) in [6.07, 6.45) is 5.18. The molecule has 0 saturated carbocycles. The quantitative estimate of drug-likeness (QED) is 0.777. The third-order valence-electron chi connectivity index (χ3n) is 2.05. The van der Waals surface area contributed by atoms with Crippen LogP contribution in [0.3, 0.4) is 0 Å². The highest BCUT2D eigenvalue weighted by molar-refractivity contribution is 5.11. The second-order valence-corrected chi connectivity index (χ2v) is 2.99. The first-order valence-corrected chi connectivity index (χ1v) is 4.40. The van der Waals surface area contributed by atoms with Crippen LogP contribution in [0, 0.1) is 0 Å². The molecule has 72 valence electrons. The molecule has 0 amide bonds. The molecule has 0 saturated heterocycles. The molecule has 0 radical (unpaired) electrons. The van der Waals surface area contributed by atoms with Crippen molar-refractivity contribution < 1.29 is 5.11 Å². The zero-order valence-electron chi connectivity index (χ0n) is 7.67. The molecule has 14 heavy (non-hydrogen) atoms. The van der Waals surface area contributed by atoms with Crippen LogP contribution in [0.1, 0.15) is 11.3 Å². The monoisotopic (exact) mass is 189 g/mol. The minimum Gasteiger partial charge on any atom is -0.390 e. The number of hydrogen-bond acceptors (Lipinski definition) is 3. The Balaban J connectivity index is 2.19. The Morgan fingerprint density at radius 1 is 1.14 bits per heavy atom. The average molecular weight is 189 g/mol. The first-order valence-electron chi connectivity index (χ1n) is 4.40. The van der Waals surface area contributed by atoms with Crippen molar-refractivity contribution in [3.05, 3.63) is 48.0 Å². The van der Waals surface area contributed by atoms with E-state index in [1.807, 2.05) is 12.1 Å². The standard InChI is InChI=1S/C10H11N3O/c14-8-10-3-6-12-13(10)7-9-1-4-11-5-2-9/h1-6,14H,7-8H2. The Morgan fingerprint density at radius 3 is 2.64 bits per heavy atom. The van der Waals surface area contributed by atoms with Crippen LogP contribution in [-0.4, -0.2) is 19.9 Å². The van der Waals surface area contributed by atoms with Crippen LogP contribution < -0.4 is 0 Å². The molecular weight excluding hydrogens is 178 g/mol. The van der Waals surface area contributed by atoms with E-state index in [1.165, 1.54) is 0 Å². The van der Waals surface area contributed by atoms with Crippen LogP contribution in [0.15, 0.2) is 36.8 Å². The third kappa shape index (κ3) is 1.80. The van der Waals surface area contributed by atoms with E-state index in [0.29, 0.717) is 6.54 Å². The molecule has 0 bridgehead atoms. The van der Waals surface area contributed by atoms with Gasteiger partial charge < -0.3 is 5.11 Å². The lowest BCUT2D eigenvalue weighted by molar-refractivity contribution is 0.269. The molecule has 0 fully saturated rings. The predicted molar refractivity (Wildman–Crippen MR) is 51.5 cm³/mol. The summed E-state index contributed by atoms with van der Waals surface area (Å²) < 4.78 is 1.77. The van der Waals surface area contributed by atoms with E-state index in [-0.39, 0.29) is 6.61 Å². The third-order valence-corrected chi connectivity index (χ3v) is 2.05. The summed E-state index contributed by atoms with van der Waals surface area (Å²) in [4.78, 5) is 3.94. The fourth-order valence-electron chi connectivity index (χ4n) is 1.30. The summed E-state index contributed by atoms with van der Waals surface area (Å²) in [7, 11) is 0. The fraction of sp³-hybridized carbons (Fsp3) is 0.200. The minimum absolute atomic E-state index is 0.0189. The topological polar surface area (TPSA) is 50.9 Å². The molecule has 2 heterocycles. The van der Waals surface area contributed by atoms with Gasteiger partial charge in [-0.1, -0.05) is 0 Å². The zero-order chi connectivity index (χ0) is 9.80. The molecule has 1 N–H and O–H groups in total. The Morgan fingerprint density at radius 2 is 1.93 bits per heavy atom. The summed E-state index contributed by atoms with van der Waals surface area (Å²) in [5.41, 5.74) is 1.94. The summed E-state index contributed by atoms with van der Waals surface area (Å²) in [5, 5.41) is 13.1. The Kier molecular flexibility index (Phi) is 2.55. The molecule has 0 unspecified atom stereocenters. The van der Waals surface area contributed by atoms with Crippen molar-refractivity contribution in [3.8, 4) is 0 Å². The SMILES string of the molecule is OCc1ccnn1Cc1ccncc1. The molecule has 0 aromatic carbocycles. The van der Waals surface area contributed by atoms with Crippen LogP contribution >= 0.6 is 0 Å². The number of aromatic nitrogens is 3. The van der Waals surface area contributed by atoms with Gasteiger partial charge in [0, 0.05) is 18.6 Å². The van der Waals surface area contributed by atoms with Gasteiger partial charge in [0.2, 0.25) is 0 Å². The first-order chi connectivity index (χ1) is 6.90. The van der Waals surface area contributed by atoms with Gasteiger partial charge in [0.15, 0.2) is 0 Å². The smallest absolute Gasteiger partial charge is 0.0850 e. The van der Waals surface area contributed by atoms with Gasteiger partial charge in [-0.2, -0.15) is 5.10 Å². The van der Waals surface area contributed by atoms with E-state index < -0.39 is 0 Å². The maximum absolute atomic E-state index is 9.01. The van der Waals surface area contributed by atoms with E-state index in [0.717, 1.165) is 11.3 Å². The van der Waals surface area contributed by atoms with Crippen molar-refractivity contribution in [1.82, 2.24) is 14.8 Å². The van der Waals surface area contributed by atoms with Crippen LogP contribution in [0.4, 0.5) is 0 Å². The number of hydrogen-bond donors (Lipinski definition) is 1. The zero-order valence-corrected chi connectivity index (χ0v) is 7.67. The molecule has 2 aromatic rings. The van der Waals surface area contributed by atoms with Gasteiger partial charge in [-0.15, -0.1) is 0 Å². The maximum Gasteiger partial charge on any atom is 0.0850 e. The van der Waals surface area contributed by atoms with E-state index >= 15 is 0 Å². The highest BCUT2D eigenvalue weighted by Crippen LogP contribution is 2.04. The van der Waals surface area contributed by atoms with Crippen molar-refractivity contribution in [2.24, 2.45) is 0 Å². The second-order valence-electron chi connectivity index (χ2n) is 2.99. The first kappa shape index (κ1) is 8.90. The minimum atomic E-state index is 0.0189. The maximum atomic E-state index is 9.01. The summed E-state index contributed by atoms with van der Waals surface area (Å²) >= 11 is 0. The van der Waals surface area contributed by atoms with Crippen molar-refractivity contribution >= 4 is 0 Å². The van der Waals surface area contributed by atoms with Gasteiger partial charge >= 0.3 is 0 Å². The highest BCUT2D eigenvalue weighted by atomic mass is 16.3. The molecule has 0 aliphatic rings. The summed E-state index contributed by atoms with van der Waals surface area (Å²) in [6.45, 7) is 0.691. The van der Waals surface area contributed by atoms with Crippen LogP contribution in [0.2, 0.25) is 0 Å². The van der Waals surface area contributed by atoms with Crippen molar-refractivity contribution in [2.75, 3.05) is 0 Å². The molecular formula is C10H11N3O. The van der Waals surface area contributed by atoms with E-state index in [4.69, 9.17) is 5.11 Å². The van der Waals surface area contributed by atoms with Gasteiger partial charge in [-0.05, 0) is 23.8 Å². The largest absolute Gasteiger partial charge is 0.390 e. The highest BCUT2D eigenvalue weighted by Gasteiger charge is 2.00. The van der Waals surface area contributed by atoms with Gasteiger partial charge in [0.25, 0.3) is 0 Å². The van der Waals surface area contributed by atoms with Crippen molar-refractivity contribution in [1.29, 1.82) is 0 Å². The normalized spacial score (nSPS) is 10.4. The molecule has 0 spiro atoms. The van der Waals surface area contributed by atoms with Crippen molar-refractivity contribution in [3.63, 3.8) is 0 Å². The second kappa shape index (κ2) is 4.02. The molecule has 4 nitrogen and oxygen atoms in total. The lowest BCUT2D eigenvalue weighted by atomic mass is 10.3. The Labute approximate surface area is 81.8 Å². The van der Waals surface area contributed by atoms with Gasteiger partial charge in [0.1, 0.15) is 0 Å². The molecule has 0 aliphatic carbocycles. The summed E-state index contributed by atoms with van der Waals surface area (Å²) in [5.74, 6) is 0. The van der Waals surface area contributed by atoms with Crippen molar-refractivity contribution in [2.45, 2.75) is 13.2 Å². The number of aliphatic hydroxyl groups is 1. The van der Waals surface area contributed by atoms with Gasteiger partial charge in [-0.25, -0.2) is 0 Å².